The zero-order valence-electron chi connectivity index (χ0n) is 16.1. The molecule has 0 atom stereocenters. The minimum atomic E-state index is -5.84. The van der Waals surface area contributed by atoms with Crippen LogP contribution >= 0.6 is 0 Å². The molecular weight excluding hydrogens is 574 g/mol. The van der Waals surface area contributed by atoms with Gasteiger partial charge in [0.25, 0.3) is 0 Å². The van der Waals surface area contributed by atoms with E-state index in [1.165, 1.54) is 12.8 Å². The van der Waals surface area contributed by atoms with E-state index in [2.05, 4.69) is 0 Å². The van der Waals surface area contributed by atoms with Crippen LogP contribution in [0.25, 0.3) is 0 Å². The SMILES string of the molecule is C1CCOC1.O=S(=O)(O)C(F)(F)F.O=S(=O)(O)C(F)(F)F.[CH]1[CH][CH][CH][CH]1.[CH]1[CH][CH][CH][CH]1.[Zr+2]. The van der Waals surface area contributed by atoms with Gasteiger partial charge in [0.15, 0.2) is 0 Å². The number of rotatable bonds is 0. The molecular formula is C16H20F6O7S2Zr+2. The Morgan fingerprint density at radius 3 is 0.781 bits per heavy atom. The molecule has 1 heterocycles. The molecule has 2 aliphatic carbocycles. The molecule has 2 saturated carbocycles. The molecule has 3 rings (SSSR count). The molecule has 0 unspecified atom stereocenters. The molecule has 16 heteroatoms. The maximum atomic E-state index is 10.7. The molecule has 2 N–H and O–H groups in total. The summed E-state index contributed by atoms with van der Waals surface area (Å²) in [6.07, 6.45) is 22.6. The molecule has 3 fully saturated rings. The van der Waals surface area contributed by atoms with E-state index >= 15 is 0 Å². The van der Waals surface area contributed by atoms with Crippen LogP contribution in [0.1, 0.15) is 12.8 Å². The van der Waals surface area contributed by atoms with Gasteiger partial charge in [0, 0.05) is 13.2 Å². The van der Waals surface area contributed by atoms with Crippen molar-refractivity contribution in [2.45, 2.75) is 23.9 Å². The number of hydrogen-bond donors (Lipinski definition) is 2. The zero-order chi connectivity index (χ0) is 24.6. The first-order valence-electron chi connectivity index (χ1n) is 7.98. The van der Waals surface area contributed by atoms with Gasteiger partial charge < -0.3 is 4.74 Å². The van der Waals surface area contributed by atoms with Crippen LogP contribution < -0.4 is 0 Å². The van der Waals surface area contributed by atoms with Crippen molar-refractivity contribution in [3.63, 3.8) is 0 Å². The van der Waals surface area contributed by atoms with Gasteiger partial charge in [0.2, 0.25) is 0 Å². The van der Waals surface area contributed by atoms with Crippen LogP contribution in [0, 0.1) is 64.2 Å². The van der Waals surface area contributed by atoms with Gasteiger partial charge in [-0.15, -0.1) is 0 Å². The van der Waals surface area contributed by atoms with Crippen LogP contribution in [0.3, 0.4) is 0 Å². The molecule has 3 aliphatic rings. The van der Waals surface area contributed by atoms with Gasteiger partial charge in [0.1, 0.15) is 0 Å². The van der Waals surface area contributed by atoms with Crippen molar-refractivity contribution >= 4 is 20.2 Å². The molecule has 32 heavy (non-hydrogen) atoms. The minimum absolute atomic E-state index is 0. The van der Waals surface area contributed by atoms with Crippen LogP contribution in [0.15, 0.2) is 0 Å². The summed E-state index contributed by atoms with van der Waals surface area (Å²) in [7, 11) is -11.7. The molecule has 7 nitrogen and oxygen atoms in total. The van der Waals surface area contributed by atoms with Crippen molar-refractivity contribution < 1.29 is 83.2 Å². The first-order chi connectivity index (χ1) is 14.0. The number of alkyl halides is 6. The summed E-state index contributed by atoms with van der Waals surface area (Å²) in [4.78, 5) is 0. The molecule has 182 valence electrons. The van der Waals surface area contributed by atoms with E-state index < -0.39 is 31.3 Å². The fourth-order valence-electron chi connectivity index (χ4n) is 1.15. The Morgan fingerprint density at radius 2 is 0.719 bits per heavy atom. The summed E-state index contributed by atoms with van der Waals surface area (Å²) in [6.45, 7) is 2.00. The molecule has 0 amide bonds. The van der Waals surface area contributed by atoms with Gasteiger partial charge in [-0.1, -0.05) is 0 Å². The first kappa shape index (κ1) is 36.8. The molecule has 0 aromatic carbocycles. The fourth-order valence-corrected chi connectivity index (χ4v) is 1.15. The molecule has 0 aromatic rings. The normalized spacial score (nSPS) is 18.2. The van der Waals surface area contributed by atoms with E-state index in [1.54, 1.807) is 0 Å². The van der Waals surface area contributed by atoms with Gasteiger partial charge in [-0.25, -0.2) is 0 Å². The summed E-state index contributed by atoms with van der Waals surface area (Å²) in [5, 5.41) is 0. The second-order valence-corrected chi connectivity index (χ2v) is 7.91. The smallest absolute Gasteiger partial charge is 0.381 e. The Hall–Kier alpha value is 0.243. The van der Waals surface area contributed by atoms with E-state index in [4.69, 9.17) is 30.7 Å². The number of hydrogen-bond acceptors (Lipinski definition) is 5. The van der Waals surface area contributed by atoms with Crippen molar-refractivity contribution in [1.29, 1.82) is 0 Å². The van der Waals surface area contributed by atoms with Crippen molar-refractivity contribution in [3.05, 3.63) is 64.2 Å². The summed E-state index contributed by atoms with van der Waals surface area (Å²) < 4.78 is 120. The molecule has 10 radical (unpaired) electrons. The Kier molecular flexibility index (Phi) is 21.3. The molecule has 0 spiro atoms. The standard InChI is InChI=1S/2C5H5.C4H8O.2CHF3O3S.Zr/c3*1-2-4-5-3-1;2*2-1(3,4)8(5,6)7;/h2*1-5H;1-4H2;2*(H,5,6,7);/q;;;;;+2. The topological polar surface area (TPSA) is 118 Å². The third-order valence-corrected chi connectivity index (χ3v) is 3.69. The Labute approximate surface area is 204 Å². The van der Waals surface area contributed by atoms with E-state index in [0.29, 0.717) is 0 Å². The Morgan fingerprint density at radius 1 is 0.562 bits per heavy atom. The Balaban J connectivity index is -0.000000330. The van der Waals surface area contributed by atoms with Gasteiger partial charge in [-0.05, 0) is 77.0 Å². The van der Waals surface area contributed by atoms with Crippen LogP contribution in [0.2, 0.25) is 0 Å². The van der Waals surface area contributed by atoms with Crippen molar-refractivity contribution in [2.24, 2.45) is 0 Å². The van der Waals surface area contributed by atoms with Crippen molar-refractivity contribution in [3.8, 4) is 0 Å². The van der Waals surface area contributed by atoms with E-state index in [1.807, 2.05) is 64.2 Å². The maximum Gasteiger partial charge on any atom is 2.00 e. The van der Waals surface area contributed by atoms with Gasteiger partial charge in [-0.2, -0.15) is 43.2 Å². The van der Waals surface area contributed by atoms with Crippen LogP contribution in [-0.4, -0.2) is 50.2 Å². The quantitative estimate of drug-likeness (QED) is 0.250. The number of halogens is 6. The average Bonchev–Trinajstić information content (AvgIpc) is 3.40. The number of ether oxygens (including phenoxy) is 1. The van der Waals surface area contributed by atoms with E-state index in [0.717, 1.165) is 13.2 Å². The van der Waals surface area contributed by atoms with Gasteiger partial charge in [-0.3, -0.25) is 9.11 Å². The van der Waals surface area contributed by atoms with E-state index in [-0.39, 0.29) is 26.2 Å². The second-order valence-electron chi connectivity index (χ2n) is 5.09. The third-order valence-electron chi connectivity index (χ3n) is 2.52. The summed E-state index contributed by atoms with van der Waals surface area (Å²) in [5.41, 5.74) is -11.1. The monoisotopic (exact) mass is 592 g/mol. The predicted molar refractivity (Wildman–Crippen MR) is 98.3 cm³/mol. The predicted octanol–water partition coefficient (Wildman–Crippen LogP) is 3.63. The van der Waals surface area contributed by atoms with Gasteiger partial charge in [0.05, 0.1) is 0 Å². The molecule has 0 aromatic heterocycles. The summed E-state index contributed by atoms with van der Waals surface area (Å²) in [6, 6.07) is 0. The molecule has 1 aliphatic heterocycles. The second kappa shape index (κ2) is 18.6. The van der Waals surface area contributed by atoms with Crippen molar-refractivity contribution in [1.82, 2.24) is 0 Å². The first-order valence-corrected chi connectivity index (χ1v) is 10.9. The third kappa shape index (κ3) is 23.4. The van der Waals surface area contributed by atoms with Crippen molar-refractivity contribution in [2.75, 3.05) is 13.2 Å². The maximum absolute atomic E-state index is 10.7. The Bertz CT molecular complexity index is 552. The van der Waals surface area contributed by atoms with Gasteiger partial charge >= 0.3 is 57.5 Å². The zero-order valence-corrected chi connectivity index (χ0v) is 20.2. The van der Waals surface area contributed by atoms with Crippen LogP contribution in [0.4, 0.5) is 26.3 Å². The molecule has 1 saturated heterocycles. The largest absolute Gasteiger partial charge is 2.00 e. The van der Waals surface area contributed by atoms with E-state index in [9.17, 15) is 26.3 Å². The minimum Gasteiger partial charge on any atom is -0.381 e. The van der Waals surface area contributed by atoms with Crippen LogP contribution in [0.5, 0.6) is 0 Å². The summed E-state index contributed by atoms with van der Waals surface area (Å²) in [5.74, 6) is 0. The fraction of sp³-hybridized carbons (Fsp3) is 0.375. The average molecular weight is 594 g/mol. The molecule has 0 bridgehead atoms. The summed E-state index contributed by atoms with van der Waals surface area (Å²) >= 11 is 0. The van der Waals surface area contributed by atoms with Crippen LogP contribution in [-0.2, 0) is 51.2 Å².